The van der Waals surface area contributed by atoms with Crippen molar-refractivity contribution in [2.75, 3.05) is 5.32 Å². The van der Waals surface area contributed by atoms with Gasteiger partial charge in [0, 0.05) is 10.9 Å². The Labute approximate surface area is 166 Å². The molecule has 0 aliphatic rings. The summed E-state index contributed by atoms with van der Waals surface area (Å²) in [6.07, 6.45) is -1.05. The van der Waals surface area contributed by atoms with E-state index in [1.165, 1.54) is 11.3 Å². The Morgan fingerprint density at radius 2 is 1.75 bits per heavy atom. The average molecular weight is 399 g/mol. The molecule has 0 fully saturated rings. The van der Waals surface area contributed by atoms with Crippen molar-refractivity contribution in [3.8, 4) is 11.5 Å². The van der Waals surface area contributed by atoms with Crippen LogP contribution in [0.3, 0.4) is 0 Å². The highest BCUT2D eigenvalue weighted by Crippen LogP contribution is 2.29. The molecule has 1 heterocycles. The van der Waals surface area contributed by atoms with Gasteiger partial charge < -0.3 is 15.2 Å². The SMILES string of the molecule is CC(NC(O)Nc1ccccc1Oc1ccccc1)c1ccc(C(=O)NO)s1. The third kappa shape index (κ3) is 5.08. The Kier molecular flexibility index (Phi) is 6.62. The lowest BCUT2D eigenvalue weighted by atomic mass is 10.2. The summed E-state index contributed by atoms with van der Waals surface area (Å²) in [6.45, 7) is 1.86. The molecule has 2 unspecified atom stereocenters. The molecule has 7 nitrogen and oxygen atoms in total. The molecule has 28 heavy (non-hydrogen) atoms. The standard InChI is InChI=1S/C20H21N3O4S/c1-13(17-11-12-18(28-17)19(24)23-26)21-20(25)22-15-9-5-6-10-16(15)27-14-7-3-2-4-8-14/h2-13,20-22,25-26H,1H3,(H,23,24). The number of carbonyl (C=O) groups is 1. The van der Waals surface area contributed by atoms with Crippen LogP contribution in [-0.2, 0) is 0 Å². The Balaban J connectivity index is 1.64. The van der Waals surface area contributed by atoms with Gasteiger partial charge in [-0.15, -0.1) is 11.3 Å². The largest absolute Gasteiger partial charge is 0.455 e. The van der Waals surface area contributed by atoms with E-state index in [1.807, 2.05) is 61.5 Å². The van der Waals surface area contributed by atoms with Crippen molar-refractivity contribution in [1.82, 2.24) is 10.8 Å². The fourth-order valence-corrected chi connectivity index (χ4v) is 3.47. The van der Waals surface area contributed by atoms with Crippen LogP contribution in [0, 0.1) is 0 Å². The first-order valence-corrected chi connectivity index (χ1v) is 9.45. The molecule has 2 atom stereocenters. The maximum absolute atomic E-state index is 11.5. The van der Waals surface area contributed by atoms with Crippen LogP contribution in [0.5, 0.6) is 11.5 Å². The summed E-state index contributed by atoms with van der Waals surface area (Å²) < 4.78 is 5.87. The van der Waals surface area contributed by atoms with Gasteiger partial charge in [-0.1, -0.05) is 30.3 Å². The van der Waals surface area contributed by atoms with Crippen LogP contribution in [0.2, 0.25) is 0 Å². The van der Waals surface area contributed by atoms with Crippen molar-refractivity contribution < 1.29 is 19.8 Å². The van der Waals surface area contributed by atoms with Crippen LogP contribution in [0.4, 0.5) is 5.69 Å². The molecule has 0 saturated carbocycles. The van der Waals surface area contributed by atoms with Crippen LogP contribution in [0.1, 0.15) is 27.5 Å². The number of hydrogen-bond donors (Lipinski definition) is 5. The van der Waals surface area contributed by atoms with Crippen LogP contribution >= 0.6 is 11.3 Å². The first kappa shape index (κ1) is 19.8. The number of hydroxylamine groups is 1. The number of anilines is 1. The van der Waals surface area contributed by atoms with E-state index in [-0.39, 0.29) is 6.04 Å². The highest BCUT2D eigenvalue weighted by atomic mass is 32.1. The number of carbonyl (C=O) groups excluding carboxylic acids is 1. The van der Waals surface area contributed by atoms with Gasteiger partial charge in [-0.25, -0.2) is 5.48 Å². The molecule has 0 spiro atoms. The van der Waals surface area contributed by atoms with E-state index in [0.29, 0.717) is 22.1 Å². The summed E-state index contributed by atoms with van der Waals surface area (Å²) in [5, 5.41) is 25.1. The van der Waals surface area contributed by atoms with E-state index >= 15 is 0 Å². The van der Waals surface area contributed by atoms with Gasteiger partial charge in [0.25, 0.3) is 5.91 Å². The van der Waals surface area contributed by atoms with E-state index in [2.05, 4.69) is 10.6 Å². The van der Waals surface area contributed by atoms with E-state index in [9.17, 15) is 9.90 Å². The van der Waals surface area contributed by atoms with Crippen LogP contribution in [-0.4, -0.2) is 22.6 Å². The summed E-state index contributed by atoms with van der Waals surface area (Å²) >= 11 is 1.23. The molecule has 3 aromatic rings. The molecule has 0 aliphatic carbocycles. The third-order valence-electron chi connectivity index (χ3n) is 3.94. The predicted molar refractivity (Wildman–Crippen MR) is 108 cm³/mol. The van der Waals surface area contributed by atoms with Gasteiger partial charge in [-0.05, 0) is 43.3 Å². The lowest BCUT2D eigenvalue weighted by molar-refractivity contribution is 0.0711. The van der Waals surface area contributed by atoms with Gasteiger partial charge in [0.05, 0.1) is 10.6 Å². The van der Waals surface area contributed by atoms with Crippen molar-refractivity contribution >= 4 is 22.9 Å². The molecular formula is C20H21N3O4S. The van der Waals surface area contributed by atoms with Crippen molar-refractivity contribution in [2.24, 2.45) is 0 Å². The summed E-state index contributed by atoms with van der Waals surface area (Å²) in [5.41, 5.74) is 2.24. The molecule has 0 aliphatic heterocycles. The molecule has 8 heteroatoms. The summed E-state index contributed by atoms with van der Waals surface area (Å²) in [5.74, 6) is 0.718. The van der Waals surface area contributed by atoms with Crippen LogP contribution in [0.15, 0.2) is 66.7 Å². The number of aliphatic hydroxyl groups is 1. The number of hydrogen-bond acceptors (Lipinski definition) is 7. The Bertz CT molecular complexity index is 917. The lowest BCUT2D eigenvalue weighted by Gasteiger charge is -2.21. The highest BCUT2D eigenvalue weighted by molar-refractivity contribution is 7.14. The second-order valence-electron chi connectivity index (χ2n) is 5.99. The molecule has 0 bridgehead atoms. The van der Waals surface area contributed by atoms with Gasteiger partial charge in [0.1, 0.15) is 5.75 Å². The fraction of sp³-hybridized carbons (Fsp3) is 0.150. The molecule has 1 amide bonds. The quantitative estimate of drug-likeness (QED) is 0.225. The van der Waals surface area contributed by atoms with Crippen LogP contribution in [0.25, 0.3) is 0 Å². The Morgan fingerprint density at radius 1 is 1.04 bits per heavy atom. The minimum Gasteiger partial charge on any atom is -0.455 e. The first-order chi connectivity index (χ1) is 13.6. The Morgan fingerprint density at radius 3 is 2.50 bits per heavy atom. The summed E-state index contributed by atoms with van der Waals surface area (Å²) in [4.78, 5) is 12.7. The smallest absolute Gasteiger partial charge is 0.284 e. The topological polar surface area (TPSA) is 103 Å². The van der Waals surface area contributed by atoms with E-state index in [1.54, 1.807) is 17.6 Å². The van der Waals surface area contributed by atoms with E-state index in [4.69, 9.17) is 9.94 Å². The molecule has 0 radical (unpaired) electrons. The summed E-state index contributed by atoms with van der Waals surface area (Å²) in [6, 6.07) is 19.9. The van der Waals surface area contributed by atoms with Crippen molar-refractivity contribution in [3.63, 3.8) is 0 Å². The zero-order valence-electron chi connectivity index (χ0n) is 15.1. The van der Waals surface area contributed by atoms with E-state index < -0.39 is 12.3 Å². The minimum absolute atomic E-state index is 0.227. The third-order valence-corrected chi connectivity index (χ3v) is 5.20. The lowest BCUT2D eigenvalue weighted by Crippen LogP contribution is -2.37. The number of ether oxygens (including phenoxy) is 1. The number of benzene rings is 2. The normalized spacial score (nSPS) is 12.8. The van der Waals surface area contributed by atoms with Gasteiger partial charge >= 0.3 is 0 Å². The summed E-state index contributed by atoms with van der Waals surface area (Å²) in [7, 11) is 0. The van der Waals surface area contributed by atoms with E-state index in [0.717, 1.165) is 4.88 Å². The number of rotatable bonds is 8. The first-order valence-electron chi connectivity index (χ1n) is 8.63. The number of para-hydroxylation sites is 3. The van der Waals surface area contributed by atoms with Gasteiger partial charge in [-0.3, -0.25) is 15.3 Å². The van der Waals surface area contributed by atoms with Crippen molar-refractivity contribution in [3.05, 3.63) is 76.5 Å². The second-order valence-corrected chi connectivity index (χ2v) is 7.10. The minimum atomic E-state index is -1.05. The Hall–Kier alpha value is -2.91. The zero-order valence-corrected chi connectivity index (χ0v) is 15.9. The molecule has 0 saturated heterocycles. The maximum atomic E-state index is 11.5. The number of aliphatic hydroxyl groups excluding tert-OH is 1. The second kappa shape index (κ2) is 9.34. The number of thiophene rings is 1. The van der Waals surface area contributed by atoms with Gasteiger partial charge in [0.15, 0.2) is 12.1 Å². The molecule has 146 valence electrons. The van der Waals surface area contributed by atoms with Gasteiger partial charge in [0.2, 0.25) is 0 Å². The van der Waals surface area contributed by atoms with Crippen LogP contribution < -0.4 is 20.9 Å². The fourth-order valence-electron chi connectivity index (χ4n) is 2.56. The molecular weight excluding hydrogens is 378 g/mol. The van der Waals surface area contributed by atoms with Gasteiger partial charge in [-0.2, -0.15) is 0 Å². The monoisotopic (exact) mass is 399 g/mol. The molecule has 3 rings (SSSR count). The highest BCUT2D eigenvalue weighted by Gasteiger charge is 2.16. The molecule has 5 N–H and O–H groups in total. The number of nitrogens with one attached hydrogen (secondary N) is 3. The number of amides is 1. The molecule has 1 aromatic heterocycles. The van der Waals surface area contributed by atoms with Crippen molar-refractivity contribution in [1.29, 1.82) is 0 Å². The maximum Gasteiger partial charge on any atom is 0.284 e. The average Bonchev–Trinajstić information content (AvgIpc) is 3.20. The predicted octanol–water partition coefficient (Wildman–Crippen LogP) is 3.70. The zero-order chi connectivity index (χ0) is 19.9. The van der Waals surface area contributed by atoms with Crippen molar-refractivity contribution in [2.45, 2.75) is 19.3 Å². The molecule has 2 aromatic carbocycles.